The van der Waals surface area contributed by atoms with Crippen molar-refractivity contribution in [1.82, 2.24) is 4.31 Å². The first-order valence-electron chi connectivity index (χ1n) is 8.92. The Morgan fingerprint density at radius 3 is 2.79 bits per heavy atom. The normalized spacial score (nSPS) is 18.0. The minimum absolute atomic E-state index is 0.000320. The highest BCUT2D eigenvalue weighted by Gasteiger charge is 2.32. The van der Waals surface area contributed by atoms with Crippen molar-refractivity contribution in [3.63, 3.8) is 0 Å². The maximum absolute atomic E-state index is 13.3. The number of sulfonamides is 1. The van der Waals surface area contributed by atoms with Gasteiger partial charge >= 0.3 is 5.97 Å². The smallest absolute Gasteiger partial charge is 0.309 e. The predicted molar refractivity (Wildman–Crippen MR) is 104 cm³/mol. The zero-order chi connectivity index (χ0) is 20.3. The van der Waals surface area contributed by atoms with E-state index < -0.39 is 15.8 Å². The Balaban J connectivity index is 1.82. The van der Waals surface area contributed by atoms with Crippen LogP contribution in [0.4, 0.5) is 4.39 Å². The molecule has 1 fully saturated rings. The second-order valence-corrected chi connectivity index (χ2v) is 9.09. The van der Waals surface area contributed by atoms with Crippen LogP contribution in [0.1, 0.15) is 29.9 Å². The van der Waals surface area contributed by atoms with E-state index in [4.69, 9.17) is 16.3 Å². The largest absolute Gasteiger partial charge is 0.469 e. The van der Waals surface area contributed by atoms with Crippen molar-refractivity contribution in [2.24, 2.45) is 0 Å². The van der Waals surface area contributed by atoms with Crippen molar-refractivity contribution in [3.05, 3.63) is 64.4 Å². The lowest BCUT2D eigenvalue weighted by molar-refractivity contribution is -0.139. The predicted octanol–water partition coefficient (Wildman–Crippen LogP) is 3.76. The number of carbonyl (C=O) groups excluding carboxylic acids is 1. The molecule has 2 aromatic rings. The van der Waals surface area contributed by atoms with Gasteiger partial charge in [0.25, 0.3) is 0 Å². The molecule has 0 radical (unpaired) electrons. The summed E-state index contributed by atoms with van der Waals surface area (Å²) in [5.41, 5.74) is 1.80. The van der Waals surface area contributed by atoms with Crippen molar-refractivity contribution in [3.8, 4) is 0 Å². The minimum Gasteiger partial charge on any atom is -0.469 e. The molecule has 150 valence electrons. The number of methoxy groups -OCH3 is 1. The Morgan fingerprint density at radius 2 is 2.07 bits per heavy atom. The van der Waals surface area contributed by atoms with Crippen LogP contribution in [0.15, 0.2) is 47.4 Å². The van der Waals surface area contributed by atoms with E-state index in [0.29, 0.717) is 19.5 Å². The van der Waals surface area contributed by atoms with Gasteiger partial charge in [0.05, 0.1) is 18.6 Å². The molecule has 0 bridgehead atoms. The monoisotopic (exact) mass is 425 g/mol. The molecule has 8 heteroatoms. The summed E-state index contributed by atoms with van der Waals surface area (Å²) in [4.78, 5) is 11.4. The summed E-state index contributed by atoms with van der Waals surface area (Å²) >= 11 is 5.98. The lowest BCUT2D eigenvalue weighted by atomic mass is 9.90. The molecule has 1 saturated heterocycles. The third-order valence-corrected chi connectivity index (χ3v) is 7.24. The molecule has 2 aromatic carbocycles. The fourth-order valence-corrected chi connectivity index (χ4v) is 5.48. The Morgan fingerprint density at radius 1 is 1.29 bits per heavy atom. The molecular formula is C20H21ClFNO4S. The number of benzene rings is 2. The Kier molecular flexibility index (Phi) is 6.37. The van der Waals surface area contributed by atoms with E-state index in [-0.39, 0.29) is 28.2 Å². The van der Waals surface area contributed by atoms with E-state index in [1.165, 1.54) is 17.5 Å². The van der Waals surface area contributed by atoms with Gasteiger partial charge < -0.3 is 4.74 Å². The van der Waals surface area contributed by atoms with Crippen molar-refractivity contribution < 1.29 is 22.3 Å². The van der Waals surface area contributed by atoms with Gasteiger partial charge in [-0.15, -0.1) is 0 Å². The quantitative estimate of drug-likeness (QED) is 0.684. The van der Waals surface area contributed by atoms with Crippen LogP contribution in [-0.2, 0) is 26.0 Å². The molecule has 0 N–H and O–H groups in total. The van der Waals surface area contributed by atoms with Crippen molar-refractivity contribution in [2.45, 2.75) is 30.1 Å². The minimum atomic E-state index is -3.82. The first-order valence-corrected chi connectivity index (χ1v) is 10.7. The van der Waals surface area contributed by atoms with Crippen LogP contribution in [0.25, 0.3) is 0 Å². The zero-order valence-electron chi connectivity index (χ0n) is 15.4. The first kappa shape index (κ1) is 20.8. The zero-order valence-corrected chi connectivity index (χ0v) is 17.0. The molecule has 0 amide bonds. The van der Waals surface area contributed by atoms with E-state index in [0.717, 1.165) is 29.7 Å². The molecule has 0 spiro atoms. The molecule has 3 rings (SSSR count). The molecule has 5 nitrogen and oxygen atoms in total. The molecule has 1 aliphatic rings. The number of hydrogen-bond donors (Lipinski definition) is 0. The van der Waals surface area contributed by atoms with Gasteiger partial charge in [0, 0.05) is 13.1 Å². The Bertz CT molecular complexity index is 980. The lowest BCUT2D eigenvalue weighted by Gasteiger charge is -2.32. The van der Waals surface area contributed by atoms with Crippen LogP contribution >= 0.6 is 11.6 Å². The average molecular weight is 426 g/mol. The number of halogens is 2. The standard InChI is InChI=1S/C20H21ClFNO4S/c1-27-20(24)11-14-4-2-5-15(10-14)16-6-3-9-23(13-16)28(25,26)19-8-7-17(22)12-18(19)21/h2,4-5,7-8,10,12,16H,3,6,9,11,13H2,1H3. The highest BCUT2D eigenvalue weighted by atomic mass is 35.5. The van der Waals surface area contributed by atoms with Gasteiger partial charge in [0.2, 0.25) is 10.0 Å². The number of ether oxygens (including phenoxy) is 1. The first-order chi connectivity index (χ1) is 13.3. The second kappa shape index (κ2) is 8.59. The van der Waals surface area contributed by atoms with Crippen molar-refractivity contribution >= 4 is 27.6 Å². The number of esters is 1. The molecule has 0 saturated carbocycles. The van der Waals surface area contributed by atoms with Crippen LogP contribution in [0.3, 0.4) is 0 Å². The van der Waals surface area contributed by atoms with Crippen molar-refractivity contribution in [2.75, 3.05) is 20.2 Å². The number of hydrogen-bond acceptors (Lipinski definition) is 4. The summed E-state index contributed by atoms with van der Waals surface area (Å²) < 4.78 is 45.4. The van der Waals surface area contributed by atoms with Gasteiger partial charge in [-0.1, -0.05) is 35.9 Å². The number of carbonyl (C=O) groups is 1. The molecule has 1 unspecified atom stereocenters. The fourth-order valence-electron chi connectivity index (χ4n) is 3.45. The van der Waals surface area contributed by atoms with Crippen LogP contribution in [-0.4, -0.2) is 38.9 Å². The van der Waals surface area contributed by atoms with Crippen molar-refractivity contribution in [1.29, 1.82) is 0 Å². The SMILES string of the molecule is COC(=O)Cc1cccc(C2CCCN(S(=O)(=O)c3ccc(F)cc3Cl)C2)c1. The molecule has 1 aliphatic heterocycles. The van der Waals surface area contributed by atoms with Crippen LogP contribution in [0, 0.1) is 5.82 Å². The van der Waals surface area contributed by atoms with E-state index in [1.807, 2.05) is 24.3 Å². The summed E-state index contributed by atoms with van der Waals surface area (Å²) in [5.74, 6) is -0.904. The molecule has 1 heterocycles. The molecule has 0 aromatic heterocycles. The lowest BCUT2D eigenvalue weighted by Crippen LogP contribution is -2.39. The van der Waals surface area contributed by atoms with Crippen LogP contribution < -0.4 is 0 Å². The summed E-state index contributed by atoms with van der Waals surface area (Å²) in [6.45, 7) is 0.687. The highest BCUT2D eigenvalue weighted by Crippen LogP contribution is 2.33. The number of rotatable bonds is 5. The Hall–Kier alpha value is -1.96. The third kappa shape index (κ3) is 4.54. The average Bonchev–Trinajstić information content (AvgIpc) is 2.68. The number of piperidine rings is 1. The molecule has 28 heavy (non-hydrogen) atoms. The Labute approximate surface area is 169 Å². The van der Waals surface area contributed by atoms with Crippen LogP contribution in [0.2, 0.25) is 5.02 Å². The molecule has 0 aliphatic carbocycles. The summed E-state index contributed by atoms with van der Waals surface area (Å²) in [6.07, 6.45) is 1.71. The summed E-state index contributed by atoms with van der Waals surface area (Å²) in [7, 11) is -2.48. The second-order valence-electron chi connectivity index (χ2n) is 6.77. The molecular weight excluding hydrogens is 405 g/mol. The third-order valence-electron chi connectivity index (χ3n) is 4.89. The van der Waals surface area contributed by atoms with Gasteiger partial charge in [-0.25, -0.2) is 12.8 Å². The molecule has 1 atom stereocenters. The fraction of sp³-hybridized carbons (Fsp3) is 0.350. The number of nitrogens with zero attached hydrogens (tertiary/aromatic N) is 1. The summed E-state index contributed by atoms with van der Waals surface area (Å²) in [6, 6.07) is 10.9. The highest BCUT2D eigenvalue weighted by molar-refractivity contribution is 7.89. The topological polar surface area (TPSA) is 63.7 Å². The maximum Gasteiger partial charge on any atom is 0.309 e. The van der Waals surface area contributed by atoms with Gasteiger partial charge in [-0.2, -0.15) is 4.31 Å². The van der Waals surface area contributed by atoms with Crippen LogP contribution in [0.5, 0.6) is 0 Å². The van der Waals surface area contributed by atoms with E-state index in [9.17, 15) is 17.6 Å². The van der Waals surface area contributed by atoms with Gasteiger partial charge in [-0.3, -0.25) is 4.79 Å². The van der Waals surface area contributed by atoms with Gasteiger partial charge in [0.15, 0.2) is 0 Å². The van der Waals surface area contributed by atoms with E-state index in [1.54, 1.807) is 0 Å². The van der Waals surface area contributed by atoms with E-state index in [2.05, 4.69) is 0 Å². The van der Waals surface area contributed by atoms with Gasteiger partial charge in [0.1, 0.15) is 10.7 Å². The van der Waals surface area contributed by atoms with Gasteiger partial charge in [-0.05, 0) is 48.1 Å². The maximum atomic E-state index is 13.3. The van der Waals surface area contributed by atoms with E-state index >= 15 is 0 Å². The summed E-state index contributed by atoms with van der Waals surface area (Å²) in [5, 5.41) is -0.123.